The third kappa shape index (κ3) is 59.3. The van der Waals surface area contributed by atoms with Gasteiger partial charge in [0.25, 0.3) is 0 Å². The summed E-state index contributed by atoms with van der Waals surface area (Å²) in [5.74, 6) is 0. The van der Waals surface area contributed by atoms with Gasteiger partial charge in [-0.05, 0) is 106 Å². The fourth-order valence-corrected chi connectivity index (χ4v) is 7.18. The fourth-order valence-electron chi connectivity index (χ4n) is 7.18. The van der Waals surface area contributed by atoms with Crippen LogP contribution < -0.4 is 51.6 Å². The quantitative estimate of drug-likeness (QED) is 0.0390. The van der Waals surface area contributed by atoms with E-state index >= 15 is 0 Å². The molecule has 89 heavy (non-hydrogen) atoms. The van der Waals surface area contributed by atoms with Gasteiger partial charge in [-0.3, -0.25) is 0 Å². The molecule has 0 aliphatic rings. The lowest BCUT2D eigenvalue weighted by Gasteiger charge is -2.33. The van der Waals surface area contributed by atoms with Crippen molar-refractivity contribution >= 4 is 0 Å². The molecule has 24 heteroatoms. The number of nitrogens with two attached hydrogens (primary N) is 9. The van der Waals surface area contributed by atoms with Crippen molar-refractivity contribution in [3.8, 4) is 0 Å². The molecule has 0 radical (unpaired) electrons. The summed E-state index contributed by atoms with van der Waals surface area (Å²) in [5.41, 5.74) is 52.6. The first kappa shape index (κ1) is 92.2. The highest BCUT2D eigenvalue weighted by Crippen LogP contribution is 2.24. The molecule has 0 heterocycles. The lowest BCUT2D eigenvalue weighted by molar-refractivity contribution is -0.113. The van der Waals surface area contributed by atoms with E-state index in [1.165, 1.54) is 0 Å². The number of hydrogen-bond acceptors (Lipinski definition) is 24. The first-order valence-corrected chi connectivity index (χ1v) is 34.1. The summed E-state index contributed by atoms with van der Waals surface area (Å²) in [4.78, 5) is 0. The Morgan fingerprint density at radius 3 is 0.708 bits per heavy atom. The molecule has 0 aliphatic heterocycles. The van der Waals surface area contributed by atoms with Crippen molar-refractivity contribution in [2.75, 3.05) is 145 Å². The van der Waals surface area contributed by atoms with Gasteiger partial charge in [0, 0.05) is 59.8 Å². The van der Waals surface area contributed by atoms with Crippen LogP contribution in [0.3, 0.4) is 0 Å². The van der Waals surface area contributed by atoms with Crippen LogP contribution in [0, 0.1) is 5.41 Å². The van der Waals surface area contributed by atoms with Gasteiger partial charge in [0.05, 0.1) is 182 Å². The Hall–Kier alpha value is -0.960. The van der Waals surface area contributed by atoms with Crippen molar-refractivity contribution in [1.29, 1.82) is 0 Å². The van der Waals surface area contributed by atoms with Crippen LogP contribution in [0.1, 0.15) is 169 Å². The van der Waals surface area contributed by atoms with E-state index in [-0.39, 0.29) is 109 Å². The summed E-state index contributed by atoms with van der Waals surface area (Å²) in [6.07, 6.45) is 7.24. The second-order valence-electron chi connectivity index (χ2n) is 24.7. The van der Waals surface area contributed by atoms with Crippen molar-refractivity contribution in [3.05, 3.63) is 0 Å². The molecular weight excluding hydrogens is 1150 g/mol. The van der Waals surface area contributed by atoms with Crippen LogP contribution in [0.2, 0.25) is 0 Å². The van der Waals surface area contributed by atoms with Gasteiger partial charge in [0.2, 0.25) is 0 Å². The second-order valence-corrected chi connectivity index (χ2v) is 24.7. The van der Waals surface area contributed by atoms with Gasteiger partial charge < -0.3 is 123 Å². The summed E-state index contributed by atoms with van der Waals surface area (Å²) in [6, 6.07) is 0.357. The highest BCUT2D eigenvalue weighted by molar-refractivity contribution is 4.79. The topological polar surface area (TPSA) is 373 Å². The van der Waals surface area contributed by atoms with E-state index in [0.717, 1.165) is 57.8 Å². The monoisotopic (exact) mass is 1290 g/mol. The summed E-state index contributed by atoms with van der Waals surface area (Å²) >= 11 is 0. The molecule has 16 unspecified atom stereocenters. The van der Waals surface area contributed by atoms with Gasteiger partial charge in [-0.15, -0.1) is 0 Å². The zero-order chi connectivity index (χ0) is 67.8. The first-order chi connectivity index (χ1) is 42.3. The smallest absolute Gasteiger partial charge is 0.104 e. The van der Waals surface area contributed by atoms with Crippen molar-refractivity contribution in [2.24, 2.45) is 57.0 Å². The predicted octanol–water partition coefficient (Wildman–Crippen LogP) is 4.92. The number of hydrogen-bond donors (Lipinski definition) is 9. The van der Waals surface area contributed by atoms with Crippen LogP contribution in [-0.4, -0.2) is 249 Å². The molecule has 0 fully saturated rings. The third-order valence-corrected chi connectivity index (χ3v) is 14.3. The Balaban J connectivity index is -0.00000129. The van der Waals surface area contributed by atoms with Crippen molar-refractivity contribution in [1.82, 2.24) is 0 Å². The highest BCUT2D eigenvalue weighted by atomic mass is 16.6. The van der Waals surface area contributed by atoms with E-state index in [1.54, 1.807) is 0 Å². The lowest BCUT2D eigenvalue weighted by Crippen LogP contribution is -2.40. The molecule has 18 N–H and O–H groups in total. The molecule has 0 aromatic heterocycles. The zero-order valence-electron chi connectivity index (χ0n) is 59.6. The van der Waals surface area contributed by atoms with E-state index in [4.69, 9.17) is 123 Å². The van der Waals surface area contributed by atoms with Gasteiger partial charge in [0.1, 0.15) is 12.2 Å². The minimum absolute atomic E-state index is 0.00706. The molecule has 24 nitrogen and oxygen atoms in total. The maximum atomic E-state index is 6.15. The number of ether oxygens (including phenoxy) is 15. The second kappa shape index (κ2) is 61.9. The molecule has 0 saturated carbocycles. The third-order valence-electron chi connectivity index (χ3n) is 14.3. The van der Waals surface area contributed by atoms with E-state index in [0.29, 0.717) is 145 Å². The largest absolute Gasteiger partial charge is 0.379 e. The van der Waals surface area contributed by atoms with Gasteiger partial charge >= 0.3 is 0 Å². The van der Waals surface area contributed by atoms with E-state index in [1.807, 2.05) is 76.2 Å². The normalized spacial score (nSPS) is 18.4. The predicted molar refractivity (Wildman–Crippen MR) is 360 cm³/mol. The van der Waals surface area contributed by atoms with Crippen LogP contribution in [0.4, 0.5) is 0 Å². The zero-order valence-corrected chi connectivity index (χ0v) is 59.6. The van der Waals surface area contributed by atoms with Gasteiger partial charge in [0.15, 0.2) is 0 Å². The van der Waals surface area contributed by atoms with Crippen LogP contribution in [0.25, 0.3) is 0 Å². The van der Waals surface area contributed by atoms with Gasteiger partial charge in [-0.2, -0.15) is 0 Å². The summed E-state index contributed by atoms with van der Waals surface area (Å²) in [6.45, 7) is 43.0. The minimum Gasteiger partial charge on any atom is -0.379 e. The van der Waals surface area contributed by atoms with Crippen molar-refractivity contribution in [2.45, 2.75) is 272 Å². The summed E-state index contributed by atoms with van der Waals surface area (Å²) in [5, 5.41) is 0. The molecule has 0 aliphatic carbocycles. The molecule has 0 bridgehead atoms. The highest BCUT2D eigenvalue weighted by Gasteiger charge is 2.30. The Kier molecular flexibility index (Phi) is 64.1. The standard InChI is InChI=1S/C26H57N3O6.C24H53N3O6.C15H35N3O3/c1-7-21(27)13-32-20(6)12-30-17-26(35-19-25(11-5)34-15-23(29)9-3)18-31-16-24(10-4)33-14-22(28)8-2;1-7-21(25)13-30-18(4)10-28-16-24(33-12-20(6)32-15-23(27)9-3)17-29-11-19(5)31-14-22(26)8-2;1-5-15(9-19-6-12(2)16,10-20-7-13(3)17)11-21-8-14(4)18/h20-26H,7-19,27-29H2,1-6H3;18-24H,7-17,25-27H2,1-6H3;12-14H,5-11,16-18H2,1-4H3. The molecule has 16 atom stereocenters. The maximum Gasteiger partial charge on any atom is 0.104 e. The van der Waals surface area contributed by atoms with Crippen LogP contribution in [0.15, 0.2) is 0 Å². The summed E-state index contributed by atoms with van der Waals surface area (Å²) in [7, 11) is 0. The van der Waals surface area contributed by atoms with Crippen molar-refractivity contribution < 1.29 is 71.1 Å². The minimum atomic E-state index is -0.230. The Labute approximate surface area is 543 Å². The lowest BCUT2D eigenvalue weighted by atomic mass is 9.88. The van der Waals surface area contributed by atoms with Crippen LogP contribution in [-0.2, 0) is 71.1 Å². The maximum absolute atomic E-state index is 6.15. The molecular formula is C65H145N9O15. The Morgan fingerprint density at radius 1 is 0.225 bits per heavy atom. The van der Waals surface area contributed by atoms with E-state index in [2.05, 4.69) is 34.6 Å². The Bertz CT molecular complexity index is 1410. The van der Waals surface area contributed by atoms with E-state index in [9.17, 15) is 0 Å². The number of rotatable bonds is 61. The van der Waals surface area contributed by atoms with Crippen LogP contribution in [0.5, 0.6) is 0 Å². The van der Waals surface area contributed by atoms with Crippen LogP contribution >= 0.6 is 0 Å². The average Bonchev–Trinajstić information content (AvgIpc) is 2.93. The first-order valence-electron chi connectivity index (χ1n) is 34.1. The molecule has 0 saturated heterocycles. The van der Waals surface area contributed by atoms with Gasteiger partial charge in [-0.25, -0.2) is 0 Å². The van der Waals surface area contributed by atoms with Crippen molar-refractivity contribution in [3.63, 3.8) is 0 Å². The summed E-state index contributed by atoms with van der Waals surface area (Å²) < 4.78 is 87.7. The molecule has 0 aromatic carbocycles. The van der Waals surface area contributed by atoms with E-state index < -0.39 is 0 Å². The SMILES string of the molecule is CCC(COCC(C)N)(COCC(C)N)COCC(C)N.CCC(N)COC(C)COCC(COCC(C)OCC(N)CC)OCC(C)OCC(N)CC.CCC(N)COC(C)COCC(COCC(CC)OCC(N)CC)OCC(CC)OCC(N)CC. The van der Waals surface area contributed by atoms with Gasteiger partial charge in [-0.1, -0.05) is 62.3 Å². The fraction of sp³-hybridized carbons (Fsp3) is 1.00. The molecule has 0 amide bonds. The average molecular weight is 1290 g/mol. The molecule has 0 rings (SSSR count). The molecule has 0 aromatic rings. The molecule has 0 spiro atoms. The molecule has 540 valence electrons. The Morgan fingerprint density at radius 2 is 0.449 bits per heavy atom.